The molecule has 32 heavy (non-hydrogen) atoms. The number of methoxy groups -OCH3 is 1. The first kappa shape index (κ1) is 24.0. The van der Waals surface area contributed by atoms with Crippen LogP contribution >= 0.6 is 11.8 Å². The Kier molecular flexibility index (Phi) is 7.07. The van der Waals surface area contributed by atoms with Crippen molar-refractivity contribution in [3.63, 3.8) is 0 Å². The van der Waals surface area contributed by atoms with Gasteiger partial charge in [-0.25, -0.2) is 4.79 Å². The van der Waals surface area contributed by atoms with Crippen LogP contribution in [-0.2, 0) is 12.0 Å². The molecule has 0 atom stereocenters. The quantitative estimate of drug-likeness (QED) is 0.541. The second-order valence-corrected chi connectivity index (χ2v) is 9.34. The lowest BCUT2D eigenvalue weighted by atomic mass is 9.87. The summed E-state index contributed by atoms with van der Waals surface area (Å²) in [4.78, 5) is 19.8. The zero-order chi connectivity index (χ0) is 23.5. The number of amidine groups is 1. The van der Waals surface area contributed by atoms with Crippen LogP contribution in [-0.4, -0.2) is 41.8 Å². The molecule has 2 amide bonds. The van der Waals surface area contributed by atoms with Gasteiger partial charge < -0.3 is 4.74 Å². The molecule has 2 aromatic carbocycles. The van der Waals surface area contributed by atoms with E-state index in [9.17, 15) is 18.0 Å². The molecule has 5 nitrogen and oxygen atoms in total. The van der Waals surface area contributed by atoms with Crippen molar-refractivity contribution in [2.75, 3.05) is 24.4 Å². The molecule has 1 saturated heterocycles. The number of hydrogen-bond donors (Lipinski definition) is 0. The molecular weight excluding hydrogens is 439 g/mol. The smallest absolute Gasteiger partial charge is 0.408 e. The van der Waals surface area contributed by atoms with Gasteiger partial charge in [0.2, 0.25) is 0 Å². The summed E-state index contributed by atoms with van der Waals surface area (Å²) in [6.45, 7) is 5.09. The van der Waals surface area contributed by atoms with Crippen molar-refractivity contribution >= 4 is 28.6 Å². The molecule has 0 aromatic heterocycles. The van der Waals surface area contributed by atoms with E-state index >= 15 is 0 Å². The molecule has 0 saturated carbocycles. The maximum atomic E-state index is 13.3. The van der Waals surface area contributed by atoms with Gasteiger partial charge in [0.25, 0.3) is 0 Å². The third-order valence-corrected chi connectivity index (χ3v) is 5.95. The number of hydrogen-bond acceptors (Lipinski definition) is 4. The minimum atomic E-state index is -4.44. The Hall–Kier alpha value is -2.68. The number of carbonyl (C=O) groups excluding carboxylic acids is 1. The average Bonchev–Trinajstić information content (AvgIpc) is 2.73. The Morgan fingerprint density at radius 3 is 2.19 bits per heavy atom. The van der Waals surface area contributed by atoms with E-state index in [1.54, 1.807) is 31.4 Å². The number of amides is 2. The van der Waals surface area contributed by atoms with E-state index in [0.29, 0.717) is 11.4 Å². The average molecular weight is 466 g/mol. The second-order valence-electron chi connectivity index (χ2n) is 8.43. The molecule has 9 heteroatoms. The summed E-state index contributed by atoms with van der Waals surface area (Å²) in [6, 6.07) is 14.3. The lowest BCUT2D eigenvalue weighted by Crippen LogP contribution is -2.50. The van der Waals surface area contributed by atoms with Gasteiger partial charge >= 0.3 is 12.2 Å². The highest BCUT2D eigenvalue weighted by molar-refractivity contribution is 8.14. The minimum absolute atomic E-state index is 0.0280. The standard InChI is InChI=1S/C23H26F3N3O2S/c1-22(2,3)17-7-5-16(6-8-17)13-28-20(27-14-23(24,25)26)32-15-29(21(28)30)18-9-11-19(31-4)12-10-18/h5-12H,13-15H2,1-4H3/b27-20+. The largest absolute Gasteiger partial charge is 0.497 e. The van der Waals surface area contributed by atoms with Crippen LogP contribution in [0.1, 0.15) is 31.9 Å². The Morgan fingerprint density at radius 1 is 1.03 bits per heavy atom. The monoisotopic (exact) mass is 465 g/mol. The zero-order valence-corrected chi connectivity index (χ0v) is 19.3. The number of aliphatic imine (C=N–C) groups is 1. The topological polar surface area (TPSA) is 45.1 Å². The van der Waals surface area contributed by atoms with Crippen molar-refractivity contribution in [3.8, 4) is 5.75 Å². The maximum absolute atomic E-state index is 13.3. The molecule has 1 heterocycles. The summed E-state index contributed by atoms with van der Waals surface area (Å²) in [6.07, 6.45) is -4.44. The molecule has 1 aliphatic rings. The van der Waals surface area contributed by atoms with Crippen LogP contribution in [0.2, 0.25) is 0 Å². The molecule has 1 aliphatic heterocycles. The normalized spacial score (nSPS) is 16.6. The lowest BCUT2D eigenvalue weighted by molar-refractivity contribution is -0.118. The van der Waals surface area contributed by atoms with Gasteiger partial charge in [0.15, 0.2) is 5.17 Å². The number of nitrogens with zero attached hydrogens (tertiary/aromatic N) is 3. The lowest BCUT2D eigenvalue weighted by Gasteiger charge is -2.36. The Bertz CT molecular complexity index is 968. The van der Waals surface area contributed by atoms with E-state index in [-0.39, 0.29) is 23.0 Å². The summed E-state index contributed by atoms with van der Waals surface area (Å²) >= 11 is 1.11. The fourth-order valence-electron chi connectivity index (χ4n) is 3.15. The summed E-state index contributed by atoms with van der Waals surface area (Å²) < 4.78 is 43.5. The van der Waals surface area contributed by atoms with Crippen molar-refractivity contribution < 1.29 is 22.7 Å². The molecule has 3 rings (SSSR count). The van der Waals surface area contributed by atoms with Gasteiger partial charge in [-0.2, -0.15) is 13.2 Å². The first-order chi connectivity index (χ1) is 15.0. The van der Waals surface area contributed by atoms with E-state index in [1.165, 1.54) is 9.80 Å². The highest BCUT2D eigenvalue weighted by atomic mass is 32.2. The number of ether oxygens (including phenoxy) is 1. The maximum Gasteiger partial charge on any atom is 0.408 e. The third-order valence-electron chi connectivity index (χ3n) is 4.95. The molecule has 2 aromatic rings. The summed E-state index contributed by atoms with van der Waals surface area (Å²) in [7, 11) is 1.55. The number of rotatable bonds is 5. The minimum Gasteiger partial charge on any atom is -0.497 e. The van der Waals surface area contributed by atoms with Gasteiger partial charge in [0, 0.05) is 5.69 Å². The zero-order valence-electron chi connectivity index (χ0n) is 18.4. The molecule has 0 unspecified atom stereocenters. The number of carbonyl (C=O) groups is 1. The molecule has 172 valence electrons. The summed E-state index contributed by atoms with van der Waals surface area (Å²) in [5.41, 5.74) is 2.54. The van der Waals surface area contributed by atoms with Crippen molar-refractivity contribution in [2.24, 2.45) is 4.99 Å². The van der Waals surface area contributed by atoms with Crippen molar-refractivity contribution in [1.29, 1.82) is 0 Å². The molecule has 1 fully saturated rings. The first-order valence-corrected chi connectivity index (χ1v) is 11.0. The molecule has 0 aliphatic carbocycles. The highest BCUT2D eigenvalue weighted by Crippen LogP contribution is 2.30. The predicted octanol–water partition coefficient (Wildman–Crippen LogP) is 6.04. The van der Waals surface area contributed by atoms with E-state index in [1.807, 2.05) is 24.3 Å². The van der Waals surface area contributed by atoms with E-state index in [4.69, 9.17) is 4.74 Å². The molecule has 0 spiro atoms. The van der Waals surface area contributed by atoms with Gasteiger partial charge in [-0.3, -0.25) is 14.8 Å². The van der Waals surface area contributed by atoms with Gasteiger partial charge in [-0.1, -0.05) is 56.8 Å². The van der Waals surface area contributed by atoms with E-state index in [0.717, 1.165) is 22.9 Å². The van der Waals surface area contributed by atoms with Crippen molar-refractivity contribution in [1.82, 2.24) is 4.90 Å². The molecule has 0 N–H and O–H groups in total. The van der Waals surface area contributed by atoms with Gasteiger partial charge in [0.1, 0.15) is 12.3 Å². The Balaban J connectivity index is 1.88. The molecule has 0 bridgehead atoms. The van der Waals surface area contributed by atoms with E-state index < -0.39 is 18.8 Å². The van der Waals surface area contributed by atoms with Crippen LogP contribution in [0.5, 0.6) is 5.75 Å². The van der Waals surface area contributed by atoms with E-state index in [2.05, 4.69) is 25.8 Å². The number of urea groups is 1. The van der Waals surface area contributed by atoms with Crippen LogP contribution in [0.15, 0.2) is 53.5 Å². The number of halogens is 3. The fourth-order valence-corrected chi connectivity index (χ4v) is 4.10. The fraction of sp³-hybridized carbons (Fsp3) is 0.391. The first-order valence-electron chi connectivity index (χ1n) is 10.0. The van der Waals surface area contributed by atoms with Crippen LogP contribution in [0.3, 0.4) is 0 Å². The van der Waals surface area contributed by atoms with Crippen molar-refractivity contribution in [2.45, 2.75) is 38.9 Å². The van der Waals surface area contributed by atoms with Crippen LogP contribution in [0.4, 0.5) is 23.7 Å². The van der Waals surface area contributed by atoms with Gasteiger partial charge in [-0.05, 0) is 40.8 Å². The number of alkyl halides is 3. The second kappa shape index (κ2) is 9.44. The Labute approximate surface area is 190 Å². The highest BCUT2D eigenvalue weighted by Gasteiger charge is 2.34. The summed E-state index contributed by atoms with van der Waals surface area (Å²) in [5, 5.41) is 0.0667. The number of benzene rings is 2. The summed E-state index contributed by atoms with van der Waals surface area (Å²) in [5.74, 6) is 0.815. The van der Waals surface area contributed by atoms with Crippen molar-refractivity contribution in [3.05, 3.63) is 59.7 Å². The van der Waals surface area contributed by atoms with Gasteiger partial charge in [0.05, 0.1) is 19.5 Å². The van der Waals surface area contributed by atoms with Crippen LogP contribution in [0, 0.1) is 0 Å². The predicted molar refractivity (Wildman–Crippen MR) is 122 cm³/mol. The molecular formula is C23H26F3N3O2S. The number of thioether (sulfide) groups is 1. The van der Waals surface area contributed by atoms with Crippen LogP contribution in [0.25, 0.3) is 0 Å². The molecule has 0 radical (unpaired) electrons. The third kappa shape index (κ3) is 5.97. The van der Waals surface area contributed by atoms with Crippen LogP contribution < -0.4 is 9.64 Å². The SMILES string of the molecule is COc1ccc(N2CS/C(=N/CC(F)(F)F)N(Cc3ccc(C(C)(C)C)cc3)C2=O)cc1. The number of anilines is 1. The Morgan fingerprint density at radius 2 is 1.66 bits per heavy atom. The van der Waals surface area contributed by atoms with Gasteiger partial charge in [-0.15, -0.1) is 0 Å².